The third-order valence-corrected chi connectivity index (χ3v) is 3.61. The molecule has 0 aliphatic carbocycles. The van der Waals surface area contributed by atoms with E-state index in [1.807, 2.05) is 0 Å². The minimum absolute atomic E-state index is 0.265. The van der Waals surface area contributed by atoms with Gasteiger partial charge in [-0.1, -0.05) is 71.1 Å². The second-order valence-electron chi connectivity index (χ2n) is 5.82. The highest BCUT2D eigenvalue weighted by Gasteiger charge is 2.17. The van der Waals surface area contributed by atoms with E-state index < -0.39 is 12.0 Å². The largest absolute Gasteiger partial charge is 0.480 e. The van der Waals surface area contributed by atoms with E-state index in [1.165, 1.54) is 51.4 Å². The number of hydrogen-bond acceptors (Lipinski definition) is 3. The van der Waals surface area contributed by atoms with Crippen LogP contribution in [0.15, 0.2) is 0 Å². The van der Waals surface area contributed by atoms with Crippen molar-refractivity contribution in [2.75, 3.05) is 0 Å². The van der Waals surface area contributed by atoms with Crippen LogP contribution in [0.2, 0.25) is 0 Å². The topological polar surface area (TPSA) is 75.3 Å². The number of hydrogen-bond donors (Lipinski definition) is 3. The van der Waals surface area contributed by atoms with Crippen molar-refractivity contribution in [2.45, 2.75) is 96.7 Å². The zero-order valence-electron chi connectivity index (χ0n) is 13.4. The van der Waals surface area contributed by atoms with E-state index in [0.717, 1.165) is 12.8 Å². The minimum Gasteiger partial charge on any atom is -0.480 e. The van der Waals surface area contributed by atoms with E-state index in [2.05, 4.69) is 12.2 Å². The molecule has 0 radical (unpaired) electrons. The summed E-state index contributed by atoms with van der Waals surface area (Å²) >= 11 is 0. The van der Waals surface area contributed by atoms with Gasteiger partial charge in [-0.05, 0) is 13.3 Å². The van der Waals surface area contributed by atoms with Gasteiger partial charge in [0.15, 0.2) is 0 Å². The van der Waals surface area contributed by atoms with E-state index in [4.69, 9.17) is 10.8 Å². The van der Waals surface area contributed by atoms with Crippen LogP contribution in [0, 0.1) is 0 Å². The van der Waals surface area contributed by atoms with Gasteiger partial charge in [-0.2, -0.15) is 0 Å². The van der Waals surface area contributed by atoms with Crippen LogP contribution in [-0.2, 0) is 4.79 Å². The maximum Gasteiger partial charge on any atom is 0.320 e. The van der Waals surface area contributed by atoms with Crippen LogP contribution in [0.5, 0.6) is 0 Å². The predicted molar refractivity (Wildman–Crippen MR) is 84.7 cm³/mol. The van der Waals surface area contributed by atoms with E-state index in [9.17, 15) is 4.79 Å². The summed E-state index contributed by atoms with van der Waals surface area (Å²) < 4.78 is 0. The fourth-order valence-electron chi connectivity index (χ4n) is 2.43. The molecule has 0 aromatic heterocycles. The smallest absolute Gasteiger partial charge is 0.320 e. The lowest BCUT2D eigenvalue weighted by Gasteiger charge is -2.16. The van der Waals surface area contributed by atoms with Gasteiger partial charge >= 0.3 is 5.97 Å². The first-order valence-corrected chi connectivity index (χ1v) is 8.32. The second-order valence-corrected chi connectivity index (χ2v) is 5.82. The Morgan fingerprint density at radius 3 is 1.85 bits per heavy atom. The molecular formula is C16H34N2O2. The number of carboxylic acids is 1. The van der Waals surface area contributed by atoms with Crippen LogP contribution in [0.4, 0.5) is 0 Å². The molecule has 0 aliphatic rings. The number of rotatable bonds is 14. The summed E-state index contributed by atoms with van der Waals surface area (Å²) in [5, 5.41) is 11.9. The average molecular weight is 286 g/mol. The Bertz CT molecular complexity index is 233. The highest BCUT2D eigenvalue weighted by molar-refractivity contribution is 5.73. The summed E-state index contributed by atoms with van der Waals surface area (Å²) in [6, 6.07) is -0.496. The molecule has 120 valence electrons. The van der Waals surface area contributed by atoms with Crippen molar-refractivity contribution in [3.63, 3.8) is 0 Å². The summed E-state index contributed by atoms with van der Waals surface area (Å²) in [6.07, 6.45) is 13.1. The van der Waals surface area contributed by atoms with Gasteiger partial charge in [0.1, 0.15) is 6.04 Å². The van der Waals surface area contributed by atoms with Gasteiger partial charge in [0.05, 0.1) is 6.17 Å². The predicted octanol–water partition coefficient (Wildman–Crippen LogP) is 3.64. The molecule has 0 fully saturated rings. The van der Waals surface area contributed by atoms with Crippen LogP contribution >= 0.6 is 0 Å². The first-order valence-electron chi connectivity index (χ1n) is 8.32. The number of unbranched alkanes of at least 4 members (excludes halogenated alkanes) is 9. The molecular weight excluding hydrogens is 252 g/mol. The normalized spacial score (nSPS) is 14.2. The molecule has 0 aromatic rings. The maximum atomic E-state index is 11.0. The SMILES string of the molecule is CCCCCCCCCCCCC(NC(C)N)C(=O)O. The summed E-state index contributed by atoms with van der Waals surface area (Å²) in [6.45, 7) is 4.01. The molecule has 0 saturated carbocycles. The Morgan fingerprint density at radius 2 is 1.45 bits per heavy atom. The number of aliphatic carboxylic acids is 1. The van der Waals surface area contributed by atoms with Gasteiger partial charge < -0.3 is 10.8 Å². The summed E-state index contributed by atoms with van der Waals surface area (Å²) in [4.78, 5) is 11.0. The van der Waals surface area contributed by atoms with Gasteiger partial charge in [-0.25, -0.2) is 0 Å². The number of carbonyl (C=O) groups is 1. The molecule has 0 rings (SSSR count). The van der Waals surface area contributed by atoms with Crippen molar-refractivity contribution in [1.82, 2.24) is 5.32 Å². The number of carboxylic acid groups (broad SMARTS) is 1. The summed E-state index contributed by atoms with van der Waals surface area (Å²) in [5.41, 5.74) is 5.58. The second kappa shape index (κ2) is 13.4. The molecule has 0 amide bonds. The average Bonchev–Trinajstić information content (AvgIpc) is 2.39. The summed E-state index contributed by atoms with van der Waals surface area (Å²) in [5.74, 6) is -0.793. The third kappa shape index (κ3) is 12.4. The quantitative estimate of drug-likeness (QED) is 0.336. The van der Waals surface area contributed by atoms with Crippen molar-refractivity contribution >= 4 is 5.97 Å². The van der Waals surface area contributed by atoms with Crippen LogP contribution in [-0.4, -0.2) is 23.3 Å². The highest BCUT2D eigenvalue weighted by Crippen LogP contribution is 2.12. The van der Waals surface area contributed by atoms with Crippen LogP contribution in [0.1, 0.15) is 84.5 Å². The van der Waals surface area contributed by atoms with Crippen molar-refractivity contribution in [3.05, 3.63) is 0 Å². The molecule has 4 heteroatoms. The standard InChI is InChI=1S/C16H34N2O2/c1-3-4-5-6-7-8-9-10-11-12-13-15(16(19)20)18-14(2)17/h14-15,18H,3-13,17H2,1-2H3,(H,19,20). The third-order valence-electron chi connectivity index (χ3n) is 3.61. The van der Waals surface area contributed by atoms with Crippen LogP contribution in [0.3, 0.4) is 0 Å². The van der Waals surface area contributed by atoms with Crippen LogP contribution < -0.4 is 11.1 Å². The van der Waals surface area contributed by atoms with Crippen molar-refractivity contribution < 1.29 is 9.90 Å². The van der Waals surface area contributed by atoms with Crippen molar-refractivity contribution in [1.29, 1.82) is 0 Å². The van der Waals surface area contributed by atoms with Crippen molar-refractivity contribution in [3.8, 4) is 0 Å². The minimum atomic E-state index is -0.793. The lowest BCUT2D eigenvalue weighted by Crippen LogP contribution is -2.46. The molecule has 0 aliphatic heterocycles. The molecule has 2 unspecified atom stereocenters. The van der Waals surface area contributed by atoms with Gasteiger partial charge in [-0.3, -0.25) is 10.1 Å². The molecule has 0 heterocycles. The lowest BCUT2D eigenvalue weighted by molar-refractivity contribution is -0.139. The number of nitrogens with two attached hydrogens (primary N) is 1. The van der Waals surface area contributed by atoms with Gasteiger partial charge in [0.2, 0.25) is 0 Å². The van der Waals surface area contributed by atoms with E-state index in [0.29, 0.717) is 6.42 Å². The van der Waals surface area contributed by atoms with E-state index in [-0.39, 0.29) is 6.17 Å². The zero-order valence-corrected chi connectivity index (χ0v) is 13.4. The molecule has 20 heavy (non-hydrogen) atoms. The Kier molecular flexibility index (Phi) is 13.0. The highest BCUT2D eigenvalue weighted by atomic mass is 16.4. The zero-order chi connectivity index (χ0) is 15.2. The summed E-state index contributed by atoms with van der Waals surface area (Å²) in [7, 11) is 0. The fraction of sp³-hybridized carbons (Fsp3) is 0.938. The molecule has 0 spiro atoms. The first kappa shape index (κ1) is 19.4. The molecule has 0 aromatic carbocycles. The van der Waals surface area contributed by atoms with Gasteiger partial charge in [0.25, 0.3) is 0 Å². The molecule has 4 N–H and O–H groups in total. The Balaban J connectivity index is 3.39. The van der Waals surface area contributed by atoms with Crippen molar-refractivity contribution in [2.24, 2.45) is 5.73 Å². The van der Waals surface area contributed by atoms with E-state index in [1.54, 1.807) is 6.92 Å². The Morgan fingerprint density at radius 1 is 1.00 bits per heavy atom. The molecule has 4 nitrogen and oxygen atoms in total. The monoisotopic (exact) mass is 286 g/mol. The maximum absolute atomic E-state index is 11.0. The molecule has 0 bridgehead atoms. The molecule has 0 saturated heterocycles. The lowest BCUT2D eigenvalue weighted by atomic mass is 10.0. The first-order chi connectivity index (χ1) is 9.57. The van der Waals surface area contributed by atoms with Gasteiger partial charge in [0, 0.05) is 0 Å². The fourth-order valence-corrected chi connectivity index (χ4v) is 2.43. The molecule has 2 atom stereocenters. The Labute approximate surface area is 124 Å². The van der Waals surface area contributed by atoms with Gasteiger partial charge in [-0.15, -0.1) is 0 Å². The number of nitrogens with one attached hydrogen (secondary N) is 1. The van der Waals surface area contributed by atoms with Crippen LogP contribution in [0.25, 0.3) is 0 Å². The Hall–Kier alpha value is -0.610. The van der Waals surface area contributed by atoms with E-state index >= 15 is 0 Å².